The van der Waals surface area contributed by atoms with Crippen molar-refractivity contribution >= 4 is 41.1 Å². The number of allylic oxidation sites excluding steroid dienone is 1. The molecule has 2 heterocycles. The van der Waals surface area contributed by atoms with Crippen LogP contribution in [0.25, 0.3) is 0 Å². The molecule has 2 aromatic carbocycles. The van der Waals surface area contributed by atoms with Gasteiger partial charge < -0.3 is 25.8 Å². The normalized spacial score (nSPS) is 19.3. The first-order valence-corrected chi connectivity index (χ1v) is 17.7. The maximum Gasteiger partial charge on any atom is 0.350 e. The van der Waals surface area contributed by atoms with Crippen LogP contribution in [-0.4, -0.2) is 83.7 Å². The van der Waals surface area contributed by atoms with Gasteiger partial charge in [-0.1, -0.05) is 39.0 Å². The van der Waals surface area contributed by atoms with Crippen molar-refractivity contribution < 1.29 is 32.3 Å². The molecule has 3 N–H and O–H groups in total. The molecule has 2 aliphatic rings. The highest BCUT2D eigenvalue weighted by Crippen LogP contribution is 2.33. The molecule has 2 aromatic rings. The molecule has 14 heteroatoms. The van der Waals surface area contributed by atoms with Gasteiger partial charge in [-0.3, -0.25) is 19.2 Å². The minimum Gasteiger partial charge on any atom is -0.344 e. The van der Waals surface area contributed by atoms with Crippen LogP contribution >= 0.6 is 11.8 Å². The van der Waals surface area contributed by atoms with Crippen molar-refractivity contribution in [1.82, 2.24) is 20.4 Å². The maximum atomic E-state index is 15.7. The van der Waals surface area contributed by atoms with Crippen LogP contribution in [0.1, 0.15) is 69.1 Å². The summed E-state index contributed by atoms with van der Waals surface area (Å²) in [7, 11) is 1.96. The van der Waals surface area contributed by atoms with Gasteiger partial charge in [-0.2, -0.15) is 25.8 Å². The van der Waals surface area contributed by atoms with E-state index in [0.29, 0.717) is 62.3 Å². The quantitative estimate of drug-likeness (QED) is 0.299. The molecule has 4 rings (SSSR count). The Balaban J connectivity index is 1.59. The van der Waals surface area contributed by atoms with E-state index in [1.165, 1.54) is 24.3 Å². The van der Waals surface area contributed by atoms with E-state index >= 15 is 13.2 Å². The van der Waals surface area contributed by atoms with Gasteiger partial charge in [-0.15, -0.1) is 0 Å². The van der Waals surface area contributed by atoms with Gasteiger partial charge in [0.1, 0.15) is 17.6 Å². The third kappa shape index (κ3) is 9.45. The number of rotatable bonds is 10. The fourth-order valence-corrected chi connectivity index (χ4v) is 6.88. The highest BCUT2D eigenvalue weighted by atomic mass is 32.2. The fraction of sp³-hybridized carbons (Fsp3) is 0.472. The first kappa shape index (κ1) is 38.5. The molecule has 0 aromatic heterocycles. The van der Waals surface area contributed by atoms with E-state index in [0.717, 1.165) is 18.2 Å². The monoisotopic (exact) mass is 712 g/mol. The van der Waals surface area contributed by atoms with Crippen molar-refractivity contribution in [2.24, 2.45) is 0 Å². The smallest absolute Gasteiger partial charge is 0.344 e. The minimum atomic E-state index is -4.08. The number of nitriles is 1. The Labute approximate surface area is 294 Å². The standard InChI is InChI=1S/C36H43F3N6O4S/c1-5-30(46)42-31(34(48)45-16-14-44(4)15-17-45)23(3)26-11-12-29(28(37)20-26)41-33(47)32(25-10-9-22(2)50-18-13-25)43-35(49)36(38,39)27-8-6-7-24(19-27)21-40/h6-8,11-12,19-20,22-23,31H,5,9-10,13-18H2,1-4H3,(H,41,47)(H,42,46)(H,43,49)/b32-25-/t22-,23-,31+/m0/s1. The number of hydrogen-bond acceptors (Lipinski definition) is 7. The second-order valence-corrected chi connectivity index (χ2v) is 14.2. The average molecular weight is 713 g/mol. The van der Waals surface area contributed by atoms with Crippen LogP contribution in [0.4, 0.5) is 18.9 Å². The van der Waals surface area contributed by atoms with Crippen LogP contribution < -0.4 is 16.0 Å². The Bertz CT molecular complexity index is 1670. The highest BCUT2D eigenvalue weighted by Gasteiger charge is 2.42. The lowest BCUT2D eigenvalue weighted by Crippen LogP contribution is -2.55. The number of likely N-dealkylation sites (N-methyl/N-ethyl adjacent to an activating group) is 1. The lowest BCUT2D eigenvalue weighted by molar-refractivity contribution is -0.146. The summed E-state index contributed by atoms with van der Waals surface area (Å²) in [5.41, 5.74) is -0.557. The predicted octanol–water partition coefficient (Wildman–Crippen LogP) is 4.88. The van der Waals surface area contributed by atoms with Crippen molar-refractivity contribution in [3.63, 3.8) is 0 Å². The number of anilines is 1. The number of carbonyl (C=O) groups is 4. The van der Waals surface area contributed by atoms with Gasteiger partial charge in [0.25, 0.3) is 11.8 Å². The Hall–Kier alpha value is -4.35. The van der Waals surface area contributed by atoms with Gasteiger partial charge in [-0.05, 0) is 67.5 Å². The van der Waals surface area contributed by atoms with Gasteiger partial charge in [0.2, 0.25) is 11.8 Å². The SMILES string of the molecule is CCC(=O)N[C@@H](C(=O)N1CCN(C)CC1)[C@@H](C)c1ccc(NC(=O)/C(NC(=O)C(F)(F)c2cccc(C#N)c2)=C2/CCS[C@@H](C)CC2)c(F)c1. The number of carbonyl (C=O) groups excluding carboxylic acids is 4. The van der Waals surface area contributed by atoms with Gasteiger partial charge in [0, 0.05) is 49.3 Å². The number of amides is 4. The minimum absolute atomic E-state index is 0.0583. The molecule has 0 spiro atoms. The molecule has 0 bridgehead atoms. The second-order valence-electron chi connectivity index (χ2n) is 12.7. The van der Waals surface area contributed by atoms with Crippen molar-refractivity contribution in [3.8, 4) is 6.07 Å². The summed E-state index contributed by atoms with van der Waals surface area (Å²) in [6.45, 7) is 7.73. The Morgan fingerprint density at radius 1 is 1.08 bits per heavy atom. The molecule has 2 fully saturated rings. The second kappa shape index (κ2) is 17.0. The van der Waals surface area contributed by atoms with Crippen molar-refractivity contribution in [2.75, 3.05) is 44.3 Å². The molecule has 0 unspecified atom stereocenters. The molecule has 268 valence electrons. The van der Waals surface area contributed by atoms with Crippen molar-refractivity contribution in [2.45, 2.75) is 69.6 Å². The summed E-state index contributed by atoms with van der Waals surface area (Å²) in [4.78, 5) is 56.5. The number of piperazine rings is 1. The van der Waals surface area contributed by atoms with E-state index in [1.807, 2.05) is 14.0 Å². The van der Waals surface area contributed by atoms with E-state index in [2.05, 4.69) is 20.9 Å². The fourth-order valence-electron chi connectivity index (χ4n) is 5.82. The van der Waals surface area contributed by atoms with Crippen LogP contribution in [-0.2, 0) is 25.1 Å². The lowest BCUT2D eigenvalue weighted by atomic mass is 9.91. The Morgan fingerprint density at radius 3 is 2.46 bits per heavy atom. The number of nitrogens with zero attached hydrogens (tertiary/aromatic N) is 3. The molecule has 4 amide bonds. The van der Waals surface area contributed by atoms with Gasteiger partial charge in [-0.25, -0.2) is 4.39 Å². The molecule has 2 aliphatic heterocycles. The zero-order chi connectivity index (χ0) is 36.6. The number of hydrogen-bond donors (Lipinski definition) is 3. The molecule has 0 saturated carbocycles. The number of alkyl halides is 2. The van der Waals surface area contributed by atoms with Crippen molar-refractivity contribution in [1.29, 1.82) is 5.26 Å². The van der Waals surface area contributed by atoms with Gasteiger partial charge in [0.15, 0.2) is 0 Å². The third-order valence-corrected chi connectivity index (χ3v) is 10.3. The lowest BCUT2D eigenvalue weighted by Gasteiger charge is -2.36. The molecule has 0 radical (unpaired) electrons. The zero-order valence-electron chi connectivity index (χ0n) is 28.7. The molecular weight excluding hydrogens is 669 g/mol. The zero-order valence-corrected chi connectivity index (χ0v) is 29.5. The average Bonchev–Trinajstić information content (AvgIpc) is 3.33. The van der Waals surface area contributed by atoms with E-state index in [4.69, 9.17) is 5.26 Å². The summed E-state index contributed by atoms with van der Waals surface area (Å²) in [6.07, 6.45) is 1.50. The van der Waals surface area contributed by atoms with Crippen LogP contribution in [0.15, 0.2) is 53.7 Å². The van der Waals surface area contributed by atoms with E-state index in [1.54, 1.807) is 36.6 Å². The highest BCUT2D eigenvalue weighted by molar-refractivity contribution is 7.99. The van der Waals surface area contributed by atoms with Crippen LogP contribution in [0.2, 0.25) is 0 Å². The number of halogens is 3. The Kier molecular flexibility index (Phi) is 13.1. The van der Waals surface area contributed by atoms with E-state index in [-0.39, 0.29) is 40.4 Å². The number of thioether (sulfide) groups is 1. The first-order chi connectivity index (χ1) is 23.7. The van der Waals surface area contributed by atoms with Gasteiger partial charge in [0.05, 0.1) is 17.3 Å². The van der Waals surface area contributed by atoms with Crippen LogP contribution in [0.3, 0.4) is 0 Å². The third-order valence-electron chi connectivity index (χ3n) is 9.10. The summed E-state index contributed by atoms with van der Waals surface area (Å²) < 4.78 is 46.4. The van der Waals surface area contributed by atoms with Crippen LogP contribution in [0, 0.1) is 17.1 Å². The van der Waals surface area contributed by atoms with Crippen molar-refractivity contribution in [3.05, 3.63) is 76.2 Å². The maximum absolute atomic E-state index is 15.7. The Morgan fingerprint density at radius 2 is 1.80 bits per heavy atom. The topological polar surface area (TPSA) is 135 Å². The summed E-state index contributed by atoms with van der Waals surface area (Å²) in [5, 5.41) is 16.8. The largest absolute Gasteiger partial charge is 0.350 e. The summed E-state index contributed by atoms with van der Waals surface area (Å²) in [5.74, 6) is -8.31. The van der Waals surface area contributed by atoms with E-state index in [9.17, 15) is 19.2 Å². The molecule has 10 nitrogen and oxygen atoms in total. The number of nitrogens with one attached hydrogen (secondary N) is 3. The summed E-state index contributed by atoms with van der Waals surface area (Å²) in [6, 6.07) is 9.29. The molecule has 0 aliphatic carbocycles. The first-order valence-electron chi connectivity index (χ1n) is 16.7. The van der Waals surface area contributed by atoms with Crippen LogP contribution in [0.5, 0.6) is 0 Å². The molecule has 2 saturated heterocycles. The molecular formula is C36H43F3N6O4S. The van der Waals surface area contributed by atoms with Gasteiger partial charge >= 0.3 is 5.92 Å². The molecule has 50 heavy (non-hydrogen) atoms. The molecule has 3 atom stereocenters. The number of benzene rings is 2. The summed E-state index contributed by atoms with van der Waals surface area (Å²) >= 11 is 1.65. The predicted molar refractivity (Wildman–Crippen MR) is 186 cm³/mol. The van der Waals surface area contributed by atoms with E-state index < -0.39 is 41.1 Å².